The van der Waals surface area contributed by atoms with Gasteiger partial charge in [0.15, 0.2) is 0 Å². The van der Waals surface area contributed by atoms with Crippen LogP contribution >= 0.6 is 11.3 Å². The van der Waals surface area contributed by atoms with Gasteiger partial charge in [0.1, 0.15) is 5.76 Å². The van der Waals surface area contributed by atoms with Crippen LogP contribution in [-0.4, -0.2) is 16.7 Å². The van der Waals surface area contributed by atoms with Crippen molar-refractivity contribution in [3.8, 4) is 0 Å². The van der Waals surface area contributed by atoms with Crippen LogP contribution in [0.15, 0.2) is 63.7 Å². The van der Waals surface area contributed by atoms with E-state index in [0.29, 0.717) is 17.7 Å². The number of Topliss-reactive ketones (excluding diaryl/α,β-unsaturated/α-hetero) is 2. The third-order valence-electron chi connectivity index (χ3n) is 6.74. The fourth-order valence-electron chi connectivity index (χ4n) is 4.94. The average Bonchev–Trinajstić information content (AvgIpc) is 3.36. The summed E-state index contributed by atoms with van der Waals surface area (Å²) in [6, 6.07) is 9.78. The van der Waals surface area contributed by atoms with E-state index in [1.807, 2.05) is 41.1 Å². The first kappa shape index (κ1) is 23.5. The van der Waals surface area contributed by atoms with Gasteiger partial charge in [-0.25, -0.2) is 0 Å². The van der Waals surface area contributed by atoms with Crippen LogP contribution in [0.25, 0.3) is 0 Å². The molecule has 4 rings (SSSR count). The summed E-state index contributed by atoms with van der Waals surface area (Å²) in [6.45, 7) is 2.23. The average molecular weight is 464 g/mol. The molecule has 0 fully saturated rings. The molecule has 0 amide bonds. The number of hydrogen-bond acceptors (Lipinski definition) is 5. The Morgan fingerprint density at radius 2 is 1.61 bits per heavy atom. The lowest BCUT2D eigenvalue weighted by molar-refractivity contribution is -0.132. The monoisotopic (exact) mass is 463 g/mol. The number of fused-ring (bicyclic) bond motifs is 1. The molecule has 1 atom stereocenters. The first-order valence-electron chi connectivity index (χ1n) is 12.3. The van der Waals surface area contributed by atoms with E-state index in [2.05, 4.69) is 12.2 Å². The number of aliphatic hydroxyl groups is 1. The Morgan fingerprint density at radius 1 is 0.909 bits per heavy atom. The van der Waals surface area contributed by atoms with Gasteiger partial charge in [-0.2, -0.15) is 11.3 Å². The predicted octanol–water partition coefficient (Wildman–Crippen LogP) is 7.44. The van der Waals surface area contributed by atoms with Crippen molar-refractivity contribution in [3.05, 3.63) is 74.8 Å². The molecule has 2 aliphatic rings. The molecule has 2 N–H and O–H groups in total. The van der Waals surface area contributed by atoms with E-state index < -0.39 is 11.6 Å². The van der Waals surface area contributed by atoms with Crippen molar-refractivity contribution < 1.29 is 14.7 Å². The Balaban J connectivity index is 1.50. The van der Waals surface area contributed by atoms with Crippen LogP contribution in [-0.2, 0) is 9.59 Å². The normalized spacial score (nSPS) is 17.8. The molecule has 2 heterocycles. The molecule has 1 unspecified atom stereocenters. The van der Waals surface area contributed by atoms with Crippen molar-refractivity contribution in [3.63, 3.8) is 0 Å². The number of unbranched alkanes of at least 4 members (excludes halogenated alkanes) is 8. The van der Waals surface area contributed by atoms with E-state index in [1.165, 1.54) is 38.5 Å². The van der Waals surface area contributed by atoms with Gasteiger partial charge < -0.3 is 10.4 Å². The molecule has 0 saturated carbocycles. The zero-order valence-corrected chi connectivity index (χ0v) is 20.2. The fourth-order valence-corrected chi connectivity index (χ4v) is 5.63. The number of nitrogens with one attached hydrogen (secondary N) is 1. The number of para-hydroxylation sites is 1. The van der Waals surface area contributed by atoms with Crippen molar-refractivity contribution >= 4 is 28.6 Å². The zero-order valence-electron chi connectivity index (χ0n) is 19.4. The summed E-state index contributed by atoms with van der Waals surface area (Å²) in [5.41, 5.74) is 3.82. The summed E-state index contributed by atoms with van der Waals surface area (Å²) in [6.07, 6.45) is 11.0. The second-order valence-electron chi connectivity index (χ2n) is 9.05. The van der Waals surface area contributed by atoms with Gasteiger partial charge in [-0.15, -0.1) is 0 Å². The lowest BCUT2D eigenvalue weighted by Crippen LogP contribution is -2.34. The van der Waals surface area contributed by atoms with E-state index >= 15 is 0 Å². The molecular weight excluding hydrogens is 430 g/mol. The molecule has 33 heavy (non-hydrogen) atoms. The Morgan fingerprint density at radius 3 is 2.30 bits per heavy atom. The maximum Gasteiger partial charge on any atom is 0.233 e. The van der Waals surface area contributed by atoms with Crippen LogP contribution in [0.4, 0.5) is 5.69 Å². The number of ketones is 2. The summed E-state index contributed by atoms with van der Waals surface area (Å²) >= 11 is 1.56. The minimum atomic E-state index is -0.549. The van der Waals surface area contributed by atoms with Crippen LogP contribution in [0.2, 0.25) is 0 Å². The lowest BCUT2D eigenvalue weighted by atomic mass is 9.75. The minimum absolute atomic E-state index is 0.0519. The summed E-state index contributed by atoms with van der Waals surface area (Å²) < 4.78 is 0. The van der Waals surface area contributed by atoms with E-state index in [1.54, 1.807) is 11.3 Å². The van der Waals surface area contributed by atoms with E-state index in [4.69, 9.17) is 0 Å². The summed E-state index contributed by atoms with van der Waals surface area (Å²) in [5.74, 6) is -1.44. The van der Waals surface area contributed by atoms with Crippen LogP contribution in [0, 0.1) is 0 Å². The molecule has 1 aliphatic carbocycles. The molecule has 0 bridgehead atoms. The van der Waals surface area contributed by atoms with Gasteiger partial charge >= 0.3 is 0 Å². The largest absolute Gasteiger partial charge is 0.505 e. The smallest absolute Gasteiger partial charge is 0.233 e. The molecule has 0 spiro atoms. The Hall–Kier alpha value is -2.66. The third kappa shape index (κ3) is 4.98. The molecule has 2 aromatic rings. The molecule has 1 aromatic carbocycles. The van der Waals surface area contributed by atoms with E-state index in [0.717, 1.165) is 36.1 Å². The molecule has 174 valence electrons. The number of hydrogen-bond donors (Lipinski definition) is 2. The molecule has 0 radical (unpaired) electrons. The number of anilines is 1. The Labute approximate surface area is 200 Å². The number of benzene rings is 1. The first-order chi connectivity index (χ1) is 16.1. The van der Waals surface area contributed by atoms with Gasteiger partial charge in [-0.05, 0) is 46.9 Å². The highest BCUT2D eigenvalue weighted by molar-refractivity contribution is 7.08. The van der Waals surface area contributed by atoms with Gasteiger partial charge in [0.25, 0.3) is 0 Å². The van der Waals surface area contributed by atoms with E-state index in [-0.39, 0.29) is 17.3 Å². The van der Waals surface area contributed by atoms with Crippen LogP contribution < -0.4 is 5.32 Å². The van der Waals surface area contributed by atoms with Crippen molar-refractivity contribution in [1.29, 1.82) is 0 Å². The number of rotatable bonds is 11. The predicted molar refractivity (Wildman–Crippen MR) is 135 cm³/mol. The fraction of sp³-hybridized carbons (Fsp3) is 0.429. The maximum absolute atomic E-state index is 13.3. The van der Waals surface area contributed by atoms with Crippen LogP contribution in [0.1, 0.15) is 88.2 Å². The van der Waals surface area contributed by atoms with E-state index in [9.17, 15) is 14.7 Å². The number of carbonyl (C=O) groups excluding carboxylic acids is 2. The summed E-state index contributed by atoms with van der Waals surface area (Å²) in [7, 11) is 0. The standard InChI is InChI=1S/C28H33NO3S/c1-2-3-4-5-6-7-8-9-10-14-21-26(30)25-24(28(32)27(21)31)23(19-16-17-33-18-19)20-13-11-12-15-22(20)29-25/h11-13,15-18,23,29-30H,2-10,14H2,1H3. The molecule has 0 saturated heterocycles. The second-order valence-corrected chi connectivity index (χ2v) is 9.83. The Kier molecular flexibility index (Phi) is 7.81. The highest BCUT2D eigenvalue weighted by Gasteiger charge is 2.42. The van der Waals surface area contributed by atoms with Crippen molar-refractivity contribution in [2.24, 2.45) is 0 Å². The molecule has 4 nitrogen and oxygen atoms in total. The molecular formula is C28H33NO3S. The summed E-state index contributed by atoms with van der Waals surface area (Å²) in [5, 5.41) is 18.3. The highest BCUT2D eigenvalue weighted by Crippen LogP contribution is 2.46. The van der Waals surface area contributed by atoms with Gasteiger partial charge in [-0.3, -0.25) is 9.59 Å². The SMILES string of the molecule is CCCCCCCCCCCC1=C(O)C2=C(C(=O)C1=O)C(c1ccsc1)c1ccccc1N2. The number of allylic oxidation sites excluding steroid dienone is 2. The van der Waals surface area contributed by atoms with Gasteiger partial charge in [0.05, 0.1) is 5.70 Å². The second kappa shape index (κ2) is 11.0. The van der Waals surface area contributed by atoms with Crippen LogP contribution in [0.5, 0.6) is 0 Å². The van der Waals surface area contributed by atoms with Gasteiger partial charge in [-0.1, -0.05) is 76.5 Å². The molecule has 5 heteroatoms. The van der Waals surface area contributed by atoms with Gasteiger partial charge in [0, 0.05) is 22.8 Å². The van der Waals surface area contributed by atoms with Crippen molar-refractivity contribution in [2.75, 3.05) is 5.32 Å². The first-order valence-corrected chi connectivity index (χ1v) is 13.2. The molecule has 1 aromatic heterocycles. The number of aliphatic hydroxyl groups excluding tert-OH is 1. The third-order valence-corrected chi connectivity index (χ3v) is 7.45. The maximum atomic E-state index is 13.3. The summed E-state index contributed by atoms with van der Waals surface area (Å²) in [4.78, 5) is 26.4. The zero-order chi connectivity index (χ0) is 23.2. The van der Waals surface area contributed by atoms with Gasteiger partial charge in [0.2, 0.25) is 11.6 Å². The van der Waals surface area contributed by atoms with Crippen LogP contribution in [0.3, 0.4) is 0 Å². The topological polar surface area (TPSA) is 66.4 Å². The minimum Gasteiger partial charge on any atom is -0.505 e. The number of carbonyl (C=O) groups is 2. The highest BCUT2D eigenvalue weighted by atomic mass is 32.1. The molecule has 1 aliphatic heterocycles. The van der Waals surface area contributed by atoms with Crippen molar-refractivity contribution in [1.82, 2.24) is 0 Å². The van der Waals surface area contributed by atoms with Crippen molar-refractivity contribution in [2.45, 2.75) is 77.0 Å². The Bertz CT molecular complexity index is 1060. The lowest BCUT2D eigenvalue weighted by Gasteiger charge is -2.33. The number of thiophene rings is 1. The quantitative estimate of drug-likeness (QED) is 0.206.